The first-order chi connectivity index (χ1) is 15.0. The van der Waals surface area contributed by atoms with Crippen LogP contribution < -0.4 is 20.3 Å². The number of nitrogens with one attached hydrogen (secondary N) is 2. The van der Waals surface area contributed by atoms with E-state index in [2.05, 4.69) is 10.6 Å². The molecule has 3 rings (SSSR count). The highest BCUT2D eigenvalue weighted by Gasteiger charge is 2.13. The molecule has 6 nitrogen and oxygen atoms in total. The fourth-order valence-corrected chi connectivity index (χ4v) is 3.09. The predicted molar refractivity (Wildman–Crippen MR) is 124 cm³/mol. The summed E-state index contributed by atoms with van der Waals surface area (Å²) in [6.45, 7) is 0.509. The van der Waals surface area contributed by atoms with E-state index in [0.29, 0.717) is 34.9 Å². The predicted octanol–water partition coefficient (Wildman–Crippen LogP) is 4.99. The van der Waals surface area contributed by atoms with Crippen molar-refractivity contribution in [3.8, 4) is 5.75 Å². The second-order valence-corrected chi connectivity index (χ2v) is 7.33. The smallest absolute Gasteiger partial charge is 0.319 e. The highest BCUT2D eigenvalue weighted by atomic mass is 35.5. The number of nitrogens with zero attached hydrogens (tertiary/aromatic N) is 1. The minimum absolute atomic E-state index is 0.145. The standard InChI is InChI=1S/C24H24ClN3O3/c1-28(23(29)18-5-7-19(25)8-6-18)21-11-9-20(10-12-21)27-24(30)26-16-15-17-3-13-22(31-2)14-4-17/h3-14H,15-16H2,1-2H3,(H2,26,27,30). The van der Waals surface area contributed by atoms with Crippen molar-refractivity contribution in [2.45, 2.75) is 6.42 Å². The molecule has 0 radical (unpaired) electrons. The summed E-state index contributed by atoms with van der Waals surface area (Å²) in [4.78, 5) is 26.3. The van der Waals surface area contributed by atoms with Gasteiger partial charge in [-0.25, -0.2) is 4.79 Å². The first kappa shape index (κ1) is 22.2. The van der Waals surface area contributed by atoms with E-state index >= 15 is 0 Å². The van der Waals surface area contributed by atoms with Crippen LogP contribution in [0.3, 0.4) is 0 Å². The molecule has 3 aromatic carbocycles. The lowest BCUT2D eigenvalue weighted by molar-refractivity contribution is 0.0993. The molecule has 0 aliphatic carbocycles. The summed E-state index contributed by atoms with van der Waals surface area (Å²) >= 11 is 5.88. The lowest BCUT2D eigenvalue weighted by Gasteiger charge is -2.18. The van der Waals surface area contributed by atoms with E-state index in [0.717, 1.165) is 11.3 Å². The van der Waals surface area contributed by atoms with E-state index in [-0.39, 0.29) is 11.9 Å². The van der Waals surface area contributed by atoms with Crippen LogP contribution in [0, 0.1) is 0 Å². The van der Waals surface area contributed by atoms with Crippen LogP contribution in [0.15, 0.2) is 72.8 Å². The summed E-state index contributed by atoms with van der Waals surface area (Å²) in [6, 6.07) is 21.3. The zero-order valence-electron chi connectivity index (χ0n) is 17.4. The maximum atomic E-state index is 12.6. The Morgan fingerprint density at radius 2 is 1.58 bits per heavy atom. The molecule has 0 fully saturated rings. The fraction of sp³-hybridized carbons (Fsp3) is 0.167. The molecule has 0 atom stereocenters. The van der Waals surface area contributed by atoms with Gasteiger partial charge in [0.2, 0.25) is 0 Å². The van der Waals surface area contributed by atoms with Crippen LogP contribution in [0.5, 0.6) is 5.75 Å². The number of benzene rings is 3. The third-order valence-electron chi connectivity index (χ3n) is 4.77. The number of ether oxygens (including phenoxy) is 1. The molecule has 7 heteroatoms. The van der Waals surface area contributed by atoms with Crippen LogP contribution in [-0.4, -0.2) is 32.6 Å². The molecule has 0 bridgehead atoms. The molecule has 31 heavy (non-hydrogen) atoms. The van der Waals surface area contributed by atoms with Gasteiger partial charge in [-0.1, -0.05) is 23.7 Å². The molecule has 0 aliphatic rings. The van der Waals surface area contributed by atoms with E-state index < -0.39 is 0 Å². The first-order valence-electron chi connectivity index (χ1n) is 9.78. The second-order valence-electron chi connectivity index (χ2n) is 6.90. The topological polar surface area (TPSA) is 70.7 Å². The van der Waals surface area contributed by atoms with Crippen molar-refractivity contribution in [2.75, 3.05) is 30.9 Å². The zero-order chi connectivity index (χ0) is 22.2. The number of anilines is 2. The van der Waals surface area contributed by atoms with Gasteiger partial charge in [0.1, 0.15) is 5.75 Å². The Hall–Kier alpha value is -3.51. The number of carbonyl (C=O) groups is 2. The van der Waals surface area contributed by atoms with Crippen LogP contribution in [0.2, 0.25) is 5.02 Å². The quantitative estimate of drug-likeness (QED) is 0.547. The first-order valence-corrected chi connectivity index (χ1v) is 10.2. The van der Waals surface area contributed by atoms with E-state index in [1.165, 1.54) is 0 Å². The van der Waals surface area contributed by atoms with Crippen LogP contribution in [0.4, 0.5) is 16.2 Å². The Morgan fingerprint density at radius 3 is 2.19 bits per heavy atom. The van der Waals surface area contributed by atoms with Gasteiger partial charge in [-0.15, -0.1) is 0 Å². The maximum Gasteiger partial charge on any atom is 0.319 e. The monoisotopic (exact) mass is 437 g/mol. The van der Waals surface area contributed by atoms with Gasteiger partial charge in [0.25, 0.3) is 5.91 Å². The highest BCUT2D eigenvalue weighted by molar-refractivity contribution is 6.30. The van der Waals surface area contributed by atoms with Crippen LogP contribution in [0.25, 0.3) is 0 Å². The van der Waals surface area contributed by atoms with Crippen LogP contribution in [-0.2, 0) is 6.42 Å². The molecule has 3 aromatic rings. The second kappa shape index (κ2) is 10.5. The molecule has 3 amide bonds. The lowest BCUT2D eigenvalue weighted by atomic mass is 10.1. The van der Waals surface area contributed by atoms with Crippen molar-refractivity contribution < 1.29 is 14.3 Å². The summed E-state index contributed by atoms with van der Waals surface area (Å²) in [5.74, 6) is 0.659. The van der Waals surface area contributed by atoms with E-state index in [1.54, 1.807) is 67.6 Å². The molecule has 2 N–H and O–H groups in total. The van der Waals surface area contributed by atoms with Crippen LogP contribution >= 0.6 is 11.6 Å². The van der Waals surface area contributed by atoms with Gasteiger partial charge in [0.15, 0.2) is 0 Å². The van der Waals surface area contributed by atoms with Gasteiger partial charge in [-0.2, -0.15) is 0 Å². The Labute approximate surface area is 186 Å². The number of rotatable bonds is 7. The molecule has 0 aromatic heterocycles. The Morgan fingerprint density at radius 1 is 0.935 bits per heavy atom. The third kappa shape index (κ3) is 6.23. The average molecular weight is 438 g/mol. The molecule has 0 saturated heterocycles. The van der Waals surface area contributed by atoms with Crippen molar-refractivity contribution in [3.05, 3.63) is 88.9 Å². The molecule has 0 heterocycles. The minimum Gasteiger partial charge on any atom is -0.497 e. The molecular weight excluding hydrogens is 414 g/mol. The summed E-state index contributed by atoms with van der Waals surface area (Å²) in [5.41, 5.74) is 3.01. The van der Waals surface area contributed by atoms with Crippen molar-refractivity contribution in [2.24, 2.45) is 0 Å². The summed E-state index contributed by atoms with van der Waals surface area (Å²) < 4.78 is 5.13. The number of hydrogen-bond donors (Lipinski definition) is 2. The van der Waals surface area contributed by atoms with Crippen molar-refractivity contribution in [1.29, 1.82) is 0 Å². The van der Waals surface area contributed by atoms with Gasteiger partial charge < -0.3 is 20.3 Å². The number of methoxy groups -OCH3 is 1. The number of hydrogen-bond acceptors (Lipinski definition) is 3. The largest absolute Gasteiger partial charge is 0.497 e. The third-order valence-corrected chi connectivity index (χ3v) is 5.02. The van der Waals surface area contributed by atoms with Gasteiger partial charge >= 0.3 is 6.03 Å². The SMILES string of the molecule is COc1ccc(CCNC(=O)Nc2ccc(N(C)C(=O)c3ccc(Cl)cc3)cc2)cc1. The number of urea groups is 1. The Balaban J connectivity index is 1.49. The lowest BCUT2D eigenvalue weighted by Crippen LogP contribution is -2.30. The Kier molecular flexibility index (Phi) is 7.51. The van der Waals surface area contributed by atoms with Crippen molar-refractivity contribution in [1.82, 2.24) is 5.32 Å². The fourth-order valence-electron chi connectivity index (χ4n) is 2.96. The highest BCUT2D eigenvalue weighted by Crippen LogP contribution is 2.20. The number of amides is 3. The molecule has 0 saturated carbocycles. The Bertz CT molecular complexity index is 1020. The maximum absolute atomic E-state index is 12.6. The van der Waals surface area contributed by atoms with E-state index in [9.17, 15) is 9.59 Å². The van der Waals surface area contributed by atoms with Gasteiger partial charge in [-0.3, -0.25) is 4.79 Å². The summed E-state index contributed by atoms with van der Waals surface area (Å²) in [6.07, 6.45) is 0.716. The molecule has 0 spiro atoms. The zero-order valence-corrected chi connectivity index (χ0v) is 18.1. The van der Waals surface area contributed by atoms with E-state index in [1.807, 2.05) is 24.3 Å². The van der Waals surface area contributed by atoms with Crippen molar-refractivity contribution in [3.63, 3.8) is 0 Å². The average Bonchev–Trinajstić information content (AvgIpc) is 2.79. The molecular formula is C24H24ClN3O3. The molecule has 160 valence electrons. The van der Waals surface area contributed by atoms with Gasteiger partial charge in [0, 0.05) is 35.6 Å². The normalized spacial score (nSPS) is 10.3. The van der Waals surface area contributed by atoms with Crippen molar-refractivity contribution >= 4 is 34.9 Å². The number of halogens is 1. The van der Waals surface area contributed by atoms with Gasteiger partial charge in [-0.05, 0) is 72.6 Å². The number of carbonyl (C=O) groups excluding carboxylic acids is 2. The van der Waals surface area contributed by atoms with Crippen LogP contribution in [0.1, 0.15) is 15.9 Å². The summed E-state index contributed by atoms with van der Waals surface area (Å²) in [5, 5.41) is 6.21. The minimum atomic E-state index is -0.285. The molecule has 0 unspecified atom stereocenters. The molecule has 0 aliphatic heterocycles. The van der Waals surface area contributed by atoms with E-state index in [4.69, 9.17) is 16.3 Å². The summed E-state index contributed by atoms with van der Waals surface area (Å²) in [7, 11) is 3.33. The van der Waals surface area contributed by atoms with Gasteiger partial charge in [0.05, 0.1) is 7.11 Å².